The van der Waals surface area contributed by atoms with Crippen LogP contribution in [0.5, 0.6) is 0 Å². The number of allylic oxidation sites excluding steroid dienone is 5. The topological polar surface area (TPSA) is 0 Å². The van der Waals surface area contributed by atoms with Crippen molar-refractivity contribution in [3.05, 3.63) is 62.2 Å². The van der Waals surface area contributed by atoms with E-state index in [1.807, 2.05) is 0 Å². The van der Waals surface area contributed by atoms with Crippen LogP contribution in [0.2, 0.25) is 0 Å². The molecule has 0 fully saturated rings. The van der Waals surface area contributed by atoms with Gasteiger partial charge in [0.1, 0.15) is 0 Å². The van der Waals surface area contributed by atoms with Gasteiger partial charge >= 0.3 is 123 Å². The fourth-order valence-electron chi connectivity index (χ4n) is 2.59. The number of benzene rings is 1. The molecule has 1 aromatic rings. The Morgan fingerprint density at radius 1 is 1.22 bits per heavy atom. The third-order valence-corrected chi connectivity index (χ3v) is 9.60. The number of fused-ring (bicyclic) bond motifs is 1. The molecule has 1 aromatic carbocycles. The van der Waals surface area contributed by atoms with Gasteiger partial charge in [-0.3, -0.25) is 0 Å². The van der Waals surface area contributed by atoms with E-state index in [4.69, 9.17) is 0 Å². The first-order valence-corrected chi connectivity index (χ1v) is 11.2. The van der Waals surface area contributed by atoms with Gasteiger partial charge in [0, 0.05) is 0 Å². The molecular weight excluding hydrogens is 314 g/mol. The SMILES string of the molecule is CP(C)C1=Cc2ccccc2[CH]1[Zr][C]1=CC=CC1. The predicted molar refractivity (Wildman–Crippen MR) is 77.8 cm³/mol. The Morgan fingerprint density at radius 3 is 2.78 bits per heavy atom. The van der Waals surface area contributed by atoms with Gasteiger partial charge in [-0.05, 0) is 0 Å². The van der Waals surface area contributed by atoms with Crippen molar-refractivity contribution in [2.75, 3.05) is 13.3 Å². The molecule has 0 aromatic heterocycles. The van der Waals surface area contributed by atoms with E-state index in [1.54, 1.807) is 14.2 Å². The maximum absolute atomic E-state index is 2.48. The third-order valence-electron chi connectivity index (χ3n) is 3.52. The maximum atomic E-state index is 2.48. The molecule has 3 rings (SSSR count). The summed E-state index contributed by atoms with van der Waals surface area (Å²) < 4.78 is 2.56. The summed E-state index contributed by atoms with van der Waals surface area (Å²) in [5.74, 6) is 0. The first-order valence-electron chi connectivity index (χ1n) is 6.36. The summed E-state index contributed by atoms with van der Waals surface area (Å²) in [5.41, 5.74) is 3.10. The molecule has 2 heteroatoms. The molecule has 18 heavy (non-hydrogen) atoms. The van der Waals surface area contributed by atoms with E-state index in [0.29, 0.717) is 0 Å². The zero-order valence-electron chi connectivity index (χ0n) is 10.9. The van der Waals surface area contributed by atoms with Crippen LogP contribution in [0.3, 0.4) is 0 Å². The molecule has 2 aliphatic rings. The van der Waals surface area contributed by atoms with Crippen LogP contribution in [0, 0.1) is 0 Å². The Hall–Kier alpha value is -0.247. The summed E-state index contributed by atoms with van der Waals surface area (Å²) in [4.78, 5) is 0. The minimum absolute atomic E-state index is 0.0485. The Morgan fingerprint density at radius 2 is 2.06 bits per heavy atom. The summed E-state index contributed by atoms with van der Waals surface area (Å²) >= 11 is -0.500. The molecule has 0 radical (unpaired) electrons. The van der Waals surface area contributed by atoms with Crippen molar-refractivity contribution in [1.29, 1.82) is 0 Å². The summed E-state index contributed by atoms with van der Waals surface area (Å²) in [5, 5.41) is 1.74. The summed E-state index contributed by atoms with van der Waals surface area (Å²) in [6.07, 6.45) is 10.6. The Kier molecular flexibility index (Phi) is 3.83. The average molecular weight is 332 g/mol. The second-order valence-electron chi connectivity index (χ2n) is 4.99. The van der Waals surface area contributed by atoms with Gasteiger partial charge in [-0.1, -0.05) is 0 Å². The second kappa shape index (κ2) is 5.40. The van der Waals surface area contributed by atoms with Gasteiger partial charge in [0.05, 0.1) is 0 Å². The van der Waals surface area contributed by atoms with E-state index in [0.717, 1.165) is 3.63 Å². The molecule has 0 spiro atoms. The zero-order valence-corrected chi connectivity index (χ0v) is 14.2. The Bertz CT molecular complexity index is 552. The van der Waals surface area contributed by atoms with Crippen LogP contribution in [-0.2, 0) is 23.2 Å². The second-order valence-corrected chi connectivity index (χ2v) is 11.0. The van der Waals surface area contributed by atoms with Gasteiger partial charge in [0.15, 0.2) is 0 Å². The Balaban J connectivity index is 1.92. The van der Waals surface area contributed by atoms with E-state index in [2.05, 4.69) is 61.9 Å². The van der Waals surface area contributed by atoms with Crippen molar-refractivity contribution >= 4 is 14.0 Å². The minimum atomic E-state index is -0.500. The van der Waals surface area contributed by atoms with Crippen LogP contribution in [0.15, 0.2) is 51.1 Å². The fourth-order valence-corrected chi connectivity index (χ4v) is 9.49. The molecule has 1 atom stereocenters. The number of rotatable bonds is 3. The Labute approximate surface area is 122 Å². The first-order chi connectivity index (χ1) is 8.75. The van der Waals surface area contributed by atoms with Gasteiger partial charge in [0.25, 0.3) is 0 Å². The van der Waals surface area contributed by atoms with E-state index < -0.39 is 23.2 Å². The van der Waals surface area contributed by atoms with Crippen molar-refractivity contribution in [3.8, 4) is 0 Å². The van der Waals surface area contributed by atoms with Crippen LogP contribution in [-0.4, -0.2) is 13.3 Å². The van der Waals surface area contributed by atoms with Crippen molar-refractivity contribution in [3.63, 3.8) is 0 Å². The molecule has 0 N–H and O–H groups in total. The van der Waals surface area contributed by atoms with E-state index >= 15 is 0 Å². The monoisotopic (exact) mass is 330 g/mol. The van der Waals surface area contributed by atoms with Crippen molar-refractivity contribution in [2.24, 2.45) is 0 Å². The van der Waals surface area contributed by atoms with Gasteiger partial charge in [-0.15, -0.1) is 0 Å². The van der Waals surface area contributed by atoms with E-state index in [1.165, 1.54) is 12.0 Å². The van der Waals surface area contributed by atoms with Crippen LogP contribution in [0.25, 0.3) is 6.08 Å². The molecule has 90 valence electrons. The fraction of sp³-hybridized carbons (Fsp3) is 0.250. The third kappa shape index (κ3) is 2.41. The summed E-state index contributed by atoms with van der Waals surface area (Å²) in [6, 6.07) is 9.02. The van der Waals surface area contributed by atoms with Crippen molar-refractivity contribution in [2.45, 2.75) is 10.0 Å². The van der Waals surface area contributed by atoms with Gasteiger partial charge in [-0.25, -0.2) is 0 Å². The average Bonchev–Trinajstić information content (AvgIpc) is 2.98. The normalized spacial score (nSPS) is 20.9. The standard InChI is InChI=1S/C11H12P.C5H5.Zr/c1-12(2)11-7-9-5-3-4-6-10(9)8-11;1-2-4-5-3-1;/h3-8H,1-2H3;1-3H,4H2;. The summed E-state index contributed by atoms with van der Waals surface area (Å²) in [7, 11) is 0.0485. The van der Waals surface area contributed by atoms with Gasteiger partial charge in [-0.2, -0.15) is 0 Å². The summed E-state index contributed by atoms with van der Waals surface area (Å²) in [6.45, 7) is 4.81. The molecule has 0 amide bonds. The van der Waals surface area contributed by atoms with E-state index in [-0.39, 0.29) is 7.92 Å². The number of hydrogen-bond acceptors (Lipinski definition) is 0. The molecule has 0 bridgehead atoms. The molecule has 0 saturated carbocycles. The molecule has 0 nitrogen and oxygen atoms in total. The van der Waals surface area contributed by atoms with Crippen LogP contribution in [0.4, 0.5) is 0 Å². The molecule has 0 saturated heterocycles. The van der Waals surface area contributed by atoms with Crippen molar-refractivity contribution in [1.82, 2.24) is 0 Å². The van der Waals surface area contributed by atoms with Crippen LogP contribution >= 0.6 is 7.92 Å². The zero-order chi connectivity index (χ0) is 12.5. The van der Waals surface area contributed by atoms with Gasteiger partial charge in [0.2, 0.25) is 0 Å². The molecule has 0 heterocycles. The van der Waals surface area contributed by atoms with Gasteiger partial charge < -0.3 is 0 Å². The van der Waals surface area contributed by atoms with E-state index in [9.17, 15) is 0 Å². The van der Waals surface area contributed by atoms with Crippen LogP contribution < -0.4 is 0 Å². The molecule has 1 unspecified atom stereocenters. The first kappa shape index (κ1) is 12.8. The number of hydrogen-bond donors (Lipinski definition) is 0. The predicted octanol–water partition coefficient (Wildman–Crippen LogP) is 4.75. The molecule has 2 aliphatic carbocycles. The quantitative estimate of drug-likeness (QED) is 0.701. The molecule has 0 aliphatic heterocycles. The molecular formula is C16H17PZr. The van der Waals surface area contributed by atoms with Crippen LogP contribution in [0.1, 0.15) is 21.2 Å². The van der Waals surface area contributed by atoms with Crippen molar-refractivity contribution < 1.29 is 23.2 Å².